The van der Waals surface area contributed by atoms with Crippen molar-refractivity contribution in [2.45, 2.75) is 118 Å². The van der Waals surface area contributed by atoms with Gasteiger partial charge in [0.15, 0.2) is 11.6 Å². The van der Waals surface area contributed by atoms with Gasteiger partial charge >= 0.3 is 17.9 Å². The van der Waals surface area contributed by atoms with Crippen LogP contribution in [0.25, 0.3) is 0 Å². The second-order valence-electron chi connectivity index (χ2n) is 8.78. The predicted molar refractivity (Wildman–Crippen MR) is 144 cm³/mol. The molecule has 0 bridgehead atoms. The molecule has 0 saturated carbocycles. The summed E-state index contributed by atoms with van der Waals surface area (Å²) in [5.41, 5.74) is -0.241. The lowest BCUT2D eigenvalue weighted by Gasteiger charge is -2.25. The lowest BCUT2D eigenvalue weighted by Crippen LogP contribution is -2.32. The summed E-state index contributed by atoms with van der Waals surface area (Å²) in [5.74, 6) is -2.37. The Bertz CT molecular complexity index is 943. The lowest BCUT2D eigenvalue weighted by atomic mass is 9.98. The van der Waals surface area contributed by atoms with E-state index in [-0.39, 0.29) is 70.9 Å². The molecular formula is C28H41ClO10. The maximum absolute atomic E-state index is 11.9. The number of allylic oxidation sites excluding steroid dienone is 1. The smallest absolute Gasteiger partial charge is 0.345 e. The number of ether oxygens (including phenoxy) is 3. The Morgan fingerprint density at radius 3 is 1.79 bits per heavy atom. The fourth-order valence-electron chi connectivity index (χ4n) is 3.37. The third kappa shape index (κ3) is 12.6. The van der Waals surface area contributed by atoms with Gasteiger partial charge in [-0.2, -0.15) is 0 Å². The zero-order valence-electron chi connectivity index (χ0n) is 23.7. The Morgan fingerprint density at radius 1 is 0.846 bits per heavy atom. The summed E-state index contributed by atoms with van der Waals surface area (Å²) in [5, 5.41) is 9.26. The zero-order chi connectivity index (χ0) is 30.1. The van der Waals surface area contributed by atoms with Crippen LogP contribution in [0.3, 0.4) is 0 Å². The molecule has 1 N–H and O–H groups in total. The quantitative estimate of drug-likeness (QED) is 0.0906. The molecule has 39 heavy (non-hydrogen) atoms. The summed E-state index contributed by atoms with van der Waals surface area (Å²) in [4.78, 5) is 67.8. The van der Waals surface area contributed by atoms with E-state index < -0.39 is 17.9 Å². The third-order valence-corrected chi connectivity index (χ3v) is 5.85. The molecule has 2 unspecified atom stereocenters. The van der Waals surface area contributed by atoms with Crippen LogP contribution < -0.4 is 0 Å². The van der Waals surface area contributed by atoms with E-state index in [1.54, 1.807) is 13.8 Å². The molecule has 0 aromatic rings. The summed E-state index contributed by atoms with van der Waals surface area (Å²) >= 11 is 4.82. The first-order chi connectivity index (χ1) is 18.4. The fraction of sp³-hybridized carbons (Fsp3) is 0.643. The van der Waals surface area contributed by atoms with Gasteiger partial charge in [0, 0.05) is 38.5 Å². The van der Waals surface area contributed by atoms with Gasteiger partial charge < -0.3 is 19.3 Å². The van der Waals surface area contributed by atoms with E-state index in [9.17, 15) is 33.9 Å². The van der Waals surface area contributed by atoms with Crippen molar-refractivity contribution in [2.75, 3.05) is 0 Å². The first-order valence-corrected chi connectivity index (χ1v) is 13.8. The Morgan fingerprint density at radius 2 is 1.36 bits per heavy atom. The number of rotatable bonds is 10. The largest absolute Gasteiger partial charge is 0.511 e. The molecule has 0 radical (unpaired) electrons. The van der Waals surface area contributed by atoms with Crippen LogP contribution in [0, 0.1) is 0 Å². The highest BCUT2D eigenvalue weighted by Gasteiger charge is 2.35. The van der Waals surface area contributed by atoms with Gasteiger partial charge in [0.2, 0.25) is 5.24 Å². The van der Waals surface area contributed by atoms with Crippen LogP contribution in [0.5, 0.6) is 0 Å². The maximum Gasteiger partial charge on any atom is 0.345 e. The molecule has 2 atom stereocenters. The molecule has 220 valence electrons. The monoisotopic (exact) mass is 572 g/mol. The second-order valence-corrected chi connectivity index (χ2v) is 9.20. The van der Waals surface area contributed by atoms with Crippen molar-refractivity contribution < 1.29 is 48.1 Å². The average molecular weight is 573 g/mol. The number of aliphatic hydroxyl groups excluding tert-OH is 1. The number of cyclic esters (lactones) is 2. The van der Waals surface area contributed by atoms with Crippen LogP contribution in [0.1, 0.15) is 106 Å². The molecule has 2 aliphatic rings. The minimum atomic E-state index is -0.677. The standard InChI is InChI=1S/C14H20O5.C11H16O4.C3H5ClO/c1-4-7-10(15)13-11(19-12(16)6-3)8-9(5-2)18-14(13)17;1-3-5-8(12)10-9(13)6-7(4-2)15-11(10)14;1-2-3(4)5/h9H,4-8H2,1-3H3;7,12H,3-6H2,1-2H3;2H2,1H3. The van der Waals surface area contributed by atoms with Gasteiger partial charge in [-0.05, 0) is 37.3 Å². The number of Topliss-reactive ketones (excluding diaryl/α,β-unsaturated/α-hetero) is 2. The van der Waals surface area contributed by atoms with Gasteiger partial charge in [0.05, 0.1) is 0 Å². The highest BCUT2D eigenvalue weighted by atomic mass is 35.5. The van der Waals surface area contributed by atoms with Crippen molar-refractivity contribution in [1.29, 1.82) is 0 Å². The van der Waals surface area contributed by atoms with E-state index >= 15 is 0 Å². The first kappa shape index (κ1) is 36.0. The van der Waals surface area contributed by atoms with Gasteiger partial charge in [-0.1, -0.05) is 41.5 Å². The molecule has 2 aliphatic heterocycles. The molecular weight excluding hydrogens is 532 g/mol. The van der Waals surface area contributed by atoms with Gasteiger partial charge in [-0.25, -0.2) is 9.59 Å². The average Bonchev–Trinajstić information content (AvgIpc) is 2.88. The maximum atomic E-state index is 11.9. The molecule has 1 fully saturated rings. The topological polar surface area (TPSA) is 150 Å². The van der Waals surface area contributed by atoms with Crippen LogP contribution in [-0.2, 0) is 43.0 Å². The number of halogens is 1. The Hall–Kier alpha value is -3.01. The van der Waals surface area contributed by atoms with Gasteiger partial charge in [-0.3, -0.25) is 19.2 Å². The number of hydrogen-bond acceptors (Lipinski definition) is 10. The highest BCUT2D eigenvalue weighted by molar-refractivity contribution is 6.63. The second kappa shape index (κ2) is 19.1. The van der Waals surface area contributed by atoms with Crippen LogP contribution in [0.15, 0.2) is 22.7 Å². The van der Waals surface area contributed by atoms with Crippen molar-refractivity contribution in [1.82, 2.24) is 0 Å². The van der Waals surface area contributed by atoms with E-state index in [2.05, 4.69) is 0 Å². The van der Waals surface area contributed by atoms with Crippen LogP contribution in [0.2, 0.25) is 0 Å². The van der Waals surface area contributed by atoms with Crippen molar-refractivity contribution in [2.24, 2.45) is 0 Å². The number of carbonyl (C=O) groups excluding carboxylic acids is 6. The minimum Gasteiger partial charge on any atom is -0.511 e. The Labute approximate surface area is 235 Å². The number of aliphatic hydroxyl groups is 1. The van der Waals surface area contributed by atoms with Crippen LogP contribution >= 0.6 is 11.6 Å². The van der Waals surface area contributed by atoms with E-state index in [1.165, 1.54) is 0 Å². The molecule has 0 aromatic heterocycles. The predicted octanol–water partition coefficient (Wildman–Crippen LogP) is 5.34. The van der Waals surface area contributed by atoms with E-state index in [4.69, 9.17) is 25.8 Å². The van der Waals surface area contributed by atoms with Gasteiger partial charge in [0.1, 0.15) is 34.9 Å². The van der Waals surface area contributed by atoms with E-state index in [1.807, 2.05) is 27.7 Å². The van der Waals surface area contributed by atoms with Crippen LogP contribution in [-0.4, -0.2) is 52.0 Å². The Balaban J connectivity index is 0.000000643. The van der Waals surface area contributed by atoms with Gasteiger partial charge in [-0.15, -0.1) is 0 Å². The molecule has 11 heteroatoms. The van der Waals surface area contributed by atoms with Crippen molar-refractivity contribution in [3.63, 3.8) is 0 Å². The molecule has 1 saturated heterocycles. The normalized spacial score (nSPS) is 19.9. The summed E-state index contributed by atoms with van der Waals surface area (Å²) in [6, 6.07) is 0. The third-order valence-electron chi connectivity index (χ3n) is 5.59. The highest BCUT2D eigenvalue weighted by Crippen LogP contribution is 2.26. The molecule has 0 aliphatic carbocycles. The van der Waals surface area contributed by atoms with E-state index in [0.29, 0.717) is 44.9 Å². The summed E-state index contributed by atoms with van der Waals surface area (Å²) in [7, 11) is 0. The minimum absolute atomic E-state index is 0.0895. The van der Waals surface area contributed by atoms with Crippen LogP contribution in [0.4, 0.5) is 0 Å². The molecule has 10 nitrogen and oxygen atoms in total. The number of ketones is 2. The Kier molecular flexibility index (Phi) is 17.6. The SMILES string of the molecule is CCC(=O)Cl.CCCC(=O)C1=C(OC(=O)CC)CC(CC)OC1=O.CCCC(O)=C1C(=O)CC(CC)OC1=O. The molecule has 2 heterocycles. The molecule has 0 aromatic carbocycles. The van der Waals surface area contributed by atoms with Crippen molar-refractivity contribution in [3.8, 4) is 0 Å². The lowest BCUT2D eigenvalue weighted by molar-refractivity contribution is -0.153. The molecule has 2 rings (SSSR count). The molecule has 0 amide bonds. The summed E-state index contributed by atoms with van der Waals surface area (Å²) in [6.07, 6.45) is 3.59. The van der Waals surface area contributed by atoms with E-state index in [0.717, 1.165) is 0 Å². The summed E-state index contributed by atoms with van der Waals surface area (Å²) in [6.45, 7) is 10.8. The first-order valence-electron chi connectivity index (χ1n) is 13.4. The fourth-order valence-corrected chi connectivity index (χ4v) is 3.37. The number of hydrogen-bond donors (Lipinski definition) is 1. The number of esters is 3. The number of carbonyl (C=O) groups is 6. The summed E-state index contributed by atoms with van der Waals surface area (Å²) < 4.78 is 15.3. The zero-order valence-corrected chi connectivity index (χ0v) is 24.5. The van der Waals surface area contributed by atoms with Gasteiger partial charge in [0.25, 0.3) is 0 Å². The molecule has 0 spiro atoms. The van der Waals surface area contributed by atoms with Crippen molar-refractivity contribution >= 4 is 46.3 Å². The van der Waals surface area contributed by atoms with Crippen molar-refractivity contribution in [3.05, 3.63) is 22.7 Å².